The van der Waals surface area contributed by atoms with Gasteiger partial charge < -0.3 is 14.5 Å². The van der Waals surface area contributed by atoms with E-state index >= 15 is 8.78 Å². The Morgan fingerprint density at radius 2 is 1.94 bits per heavy atom. The number of carbonyl (C=O) groups is 1. The molecule has 5 aromatic rings. The van der Waals surface area contributed by atoms with Crippen molar-refractivity contribution in [2.45, 2.75) is 43.4 Å². The van der Waals surface area contributed by atoms with Gasteiger partial charge in [0.05, 0.1) is 16.6 Å². The van der Waals surface area contributed by atoms with E-state index in [1.807, 2.05) is 29.2 Å². The average Bonchev–Trinajstić information content (AvgIpc) is 3.85. The molecule has 262 valence electrons. The van der Waals surface area contributed by atoms with Gasteiger partial charge in [-0.25, -0.2) is 13.2 Å². The average molecular weight is 714 g/mol. The molecule has 3 saturated heterocycles. The first-order valence-electron chi connectivity index (χ1n) is 17.1. The summed E-state index contributed by atoms with van der Waals surface area (Å²) in [5, 5.41) is 2.31. The Morgan fingerprint density at radius 1 is 1.10 bits per heavy atom. The van der Waals surface area contributed by atoms with E-state index in [0.29, 0.717) is 58.8 Å². The Morgan fingerprint density at radius 3 is 2.76 bits per heavy atom. The third kappa shape index (κ3) is 6.14. The molecular formula is C38H35ClF3N7O2. The van der Waals surface area contributed by atoms with Gasteiger partial charge in [-0.1, -0.05) is 48.0 Å². The molecule has 2 aromatic carbocycles. The summed E-state index contributed by atoms with van der Waals surface area (Å²) in [6.07, 6.45) is 5.84. The number of benzene rings is 2. The summed E-state index contributed by atoms with van der Waals surface area (Å²) in [4.78, 5) is 36.5. The molecule has 0 aliphatic carbocycles. The molecule has 1 amide bonds. The van der Waals surface area contributed by atoms with E-state index in [1.54, 1.807) is 37.4 Å². The van der Waals surface area contributed by atoms with Crippen molar-refractivity contribution in [3.05, 3.63) is 89.4 Å². The van der Waals surface area contributed by atoms with Gasteiger partial charge in [-0.15, -0.1) is 0 Å². The van der Waals surface area contributed by atoms with Gasteiger partial charge in [-0.05, 0) is 49.4 Å². The molecule has 3 aliphatic heterocycles. The fraction of sp³-hybridized carbons (Fsp3) is 0.342. The minimum absolute atomic E-state index is 0.00161. The second-order valence-corrected chi connectivity index (χ2v) is 14.0. The van der Waals surface area contributed by atoms with Crippen LogP contribution in [0.2, 0.25) is 5.02 Å². The van der Waals surface area contributed by atoms with Crippen molar-refractivity contribution in [2.24, 2.45) is 0 Å². The first-order chi connectivity index (χ1) is 24.7. The van der Waals surface area contributed by atoms with Crippen molar-refractivity contribution < 1.29 is 22.7 Å². The molecule has 0 spiro atoms. The summed E-state index contributed by atoms with van der Waals surface area (Å²) < 4.78 is 52.6. The molecule has 9 nitrogen and oxygen atoms in total. The maximum atomic E-state index is 16.8. The number of fused-ring (bicyclic) bond motifs is 3. The molecule has 0 N–H and O–H groups in total. The maximum absolute atomic E-state index is 16.8. The highest BCUT2D eigenvalue weighted by molar-refractivity contribution is 6.36. The van der Waals surface area contributed by atoms with E-state index in [4.69, 9.17) is 21.3 Å². The number of likely N-dealkylation sites (N-methyl/N-ethyl adjacent to an activating group) is 1. The predicted octanol–water partition coefficient (Wildman–Crippen LogP) is 7.04. The number of likely N-dealkylation sites (tertiary alicyclic amines) is 1. The first kappa shape index (κ1) is 33.3. The molecule has 0 radical (unpaired) electrons. The van der Waals surface area contributed by atoms with E-state index in [0.717, 1.165) is 30.8 Å². The van der Waals surface area contributed by atoms with Crippen LogP contribution in [-0.2, 0) is 4.79 Å². The summed E-state index contributed by atoms with van der Waals surface area (Å²) in [5.41, 5.74) is 0.464. The van der Waals surface area contributed by atoms with Crippen LogP contribution in [-0.4, -0.2) is 93.2 Å². The molecule has 2 unspecified atom stereocenters. The second-order valence-electron chi connectivity index (χ2n) is 13.6. The Balaban J connectivity index is 1.15. The van der Waals surface area contributed by atoms with Crippen LogP contribution in [0.4, 0.5) is 19.0 Å². The van der Waals surface area contributed by atoms with Gasteiger partial charge >= 0.3 is 6.01 Å². The van der Waals surface area contributed by atoms with E-state index in [2.05, 4.69) is 19.9 Å². The predicted molar refractivity (Wildman–Crippen MR) is 190 cm³/mol. The zero-order chi connectivity index (χ0) is 35.3. The maximum Gasteiger partial charge on any atom is 0.319 e. The zero-order valence-electron chi connectivity index (χ0n) is 27.9. The van der Waals surface area contributed by atoms with Gasteiger partial charge in [-0.2, -0.15) is 9.97 Å². The minimum atomic E-state index is -0.941. The van der Waals surface area contributed by atoms with Crippen LogP contribution in [0.3, 0.4) is 0 Å². The number of pyridine rings is 2. The highest BCUT2D eigenvalue weighted by Crippen LogP contribution is 2.41. The molecule has 13 heteroatoms. The summed E-state index contributed by atoms with van der Waals surface area (Å²) in [6.45, 7) is 1.84. The number of anilines is 1. The Hall–Kier alpha value is -4.81. The zero-order valence-corrected chi connectivity index (χ0v) is 28.7. The lowest BCUT2D eigenvalue weighted by molar-refractivity contribution is -0.127. The molecule has 0 saturated carbocycles. The molecule has 8 rings (SSSR count). The van der Waals surface area contributed by atoms with Crippen molar-refractivity contribution >= 4 is 51.1 Å². The SMILES string of the molecule is CN(c1nc(OC[C@@]23CCCN2CC(F)C3)nc2c(F)c(-c3cccc4cccc(Cl)c34)ncc12)C1CCN(C(=O)/C(F)=C/c2ccccn2)C1. The van der Waals surface area contributed by atoms with Crippen LogP contribution in [0.5, 0.6) is 6.01 Å². The summed E-state index contributed by atoms with van der Waals surface area (Å²) in [7, 11) is 1.79. The van der Waals surface area contributed by atoms with E-state index < -0.39 is 29.3 Å². The van der Waals surface area contributed by atoms with Crippen LogP contribution in [0.25, 0.3) is 39.0 Å². The number of hydrogen-bond acceptors (Lipinski definition) is 8. The van der Waals surface area contributed by atoms with Gasteiger partial charge in [0.1, 0.15) is 29.8 Å². The number of amides is 1. The number of nitrogens with zero attached hydrogens (tertiary/aromatic N) is 7. The molecule has 3 atom stereocenters. The van der Waals surface area contributed by atoms with Crippen molar-refractivity contribution in [1.82, 2.24) is 29.7 Å². The van der Waals surface area contributed by atoms with Crippen molar-refractivity contribution in [1.29, 1.82) is 0 Å². The lowest BCUT2D eigenvalue weighted by Gasteiger charge is -2.31. The normalized spacial score (nSPS) is 22.2. The number of alkyl halides is 1. The van der Waals surface area contributed by atoms with Gasteiger partial charge in [0.2, 0.25) is 0 Å². The standard InChI is InChI=1S/C38H35ClF3N7O2/c1-47(26-12-16-48(21-26)36(50)30(41)17-25-9-2-3-14-43-25)35-28-19-44-33(27-10-4-7-23-8-5-11-29(39)31(23)27)32(42)34(28)45-37(46-35)51-22-38-13-6-15-49(38)20-24(40)18-38/h2-5,7-11,14,17,19,24,26H,6,12-13,15-16,18,20-22H2,1H3/b30-17-/t24?,26?,38-/m0/s1. The number of ether oxygens (including phenoxy) is 1. The van der Waals surface area contributed by atoms with Crippen LogP contribution in [0.15, 0.2) is 72.8 Å². The Bertz CT molecular complexity index is 2170. The van der Waals surface area contributed by atoms with Crippen molar-refractivity contribution in [3.63, 3.8) is 0 Å². The Labute approximate surface area is 297 Å². The van der Waals surface area contributed by atoms with Crippen LogP contribution in [0.1, 0.15) is 31.4 Å². The summed E-state index contributed by atoms with van der Waals surface area (Å²) in [6, 6.07) is 15.7. The molecule has 3 aromatic heterocycles. The van der Waals surface area contributed by atoms with Crippen LogP contribution in [0, 0.1) is 5.82 Å². The second kappa shape index (κ2) is 13.4. The summed E-state index contributed by atoms with van der Waals surface area (Å²) in [5.74, 6) is -1.96. The van der Waals surface area contributed by atoms with E-state index in [9.17, 15) is 9.18 Å². The lowest BCUT2D eigenvalue weighted by Crippen LogP contribution is -2.43. The number of halogens is 4. The first-order valence-corrected chi connectivity index (χ1v) is 17.4. The Kier molecular flexibility index (Phi) is 8.75. The number of aromatic nitrogens is 4. The van der Waals surface area contributed by atoms with Crippen molar-refractivity contribution in [3.8, 4) is 17.3 Å². The molecule has 6 heterocycles. The third-order valence-corrected chi connectivity index (χ3v) is 10.8. The van der Waals surface area contributed by atoms with E-state index in [-0.39, 0.29) is 36.4 Å². The molecule has 51 heavy (non-hydrogen) atoms. The quantitative estimate of drug-likeness (QED) is 0.159. The number of rotatable bonds is 8. The fourth-order valence-electron chi connectivity index (χ4n) is 7.90. The highest BCUT2D eigenvalue weighted by Gasteiger charge is 2.49. The van der Waals surface area contributed by atoms with Gasteiger partial charge in [-0.3, -0.25) is 19.7 Å². The number of carbonyl (C=O) groups excluding carboxylic acids is 1. The van der Waals surface area contributed by atoms with Gasteiger partial charge in [0.15, 0.2) is 11.6 Å². The molecule has 0 bridgehead atoms. The molecule has 3 fully saturated rings. The van der Waals surface area contributed by atoms with Gasteiger partial charge in [0.25, 0.3) is 5.91 Å². The smallest absolute Gasteiger partial charge is 0.319 e. The van der Waals surface area contributed by atoms with Crippen molar-refractivity contribution in [2.75, 3.05) is 44.7 Å². The molecular weight excluding hydrogens is 679 g/mol. The van der Waals surface area contributed by atoms with Crippen LogP contribution >= 0.6 is 11.6 Å². The highest BCUT2D eigenvalue weighted by atomic mass is 35.5. The van der Waals surface area contributed by atoms with Crippen LogP contribution < -0.4 is 9.64 Å². The summed E-state index contributed by atoms with van der Waals surface area (Å²) >= 11 is 6.61. The van der Waals surface area contributed by atoms with Gasteiger partial charge in [0, 0.05) is 73.6 Å². The molecule has 3 aliphatic rings. The lowest BCUT2D eigenvalue weighted by atomic mass is 9.95. The number of hydrogen-bond donors (Lipinski definition) is 0. The monoisotopic (exact) mass is 713 g/mol. The fourth-order valence-corrected chi connectivity index (χ4v) is 8.19. The minimum Gasteiger partial charge on any atom is -0.461 e. The van der Waals surface area contributed by atoms with E-state index in [1.165, 1.54) is 17.3 Å². The largest absolute Gasteiger partial charge is 0.461 e. The third-order valence-electron chi connectivity index (χ3n) is 10.5. The topological polar surface area (TPSA) is 87.6 Å².